The topological polar surface area (TPSA) is 32.3 Å². The van der Waals surface area contributed by atoms with Gasteiger partial charge < -0.3 is 10.2 Å². The van der Waals surface area contributed by atoms with Crippen molar-refractivity contribution in [1.82, 2.24) is 10.2 Å². The highest BCUT2D eigenvalue weighted by atomic mass is 19.1. The summed E-state index contributed by atoms with van der Waals surface area (Å²) in [6.07, 6.45) is 1.34. The summed E-state index contributed by atoms with van der Waals surface area (Å²) in [5.74, 6) is -0.312. The van der Waals surface area contributed by atoms with E-state index < -0.39 is 0 Å². The fourth-order valence-electron chi connectivity index (χ4n) is 2.20. The van der Waals surface area contributed by atoms with Crippen LogP contribution in [0.2, 0.25) is 0 Å². The smallest absolute Gasteiger partial charge is 0.163 e. The number of carbonyl (C=O) groups excluding carboxylic acids is 1. The molecule has 1 aliphatic heterocycles. The quantitative estimate of drug-likeness (QED) is 0.807. The molecule has 1 aliphatic rings. The van der Waals surface area contributed by atoms with Crippen molar-refractivity contribution in [2.45, 2.75) is 12.8 Å². The number of nitrogens with zero attached hydrogens (tertiary/aromatic N) is 1. The molecule has 1 fully saturated rings. The monoisotopic (exact) mass is 250 g/mol. The molecule has 0 amide bonds. The zero-order valence-electron chi connectivity index (χ0n) is 10.5. The zero-order chi connectivity index (χ0) is 12.8. The van der Waals surface area contributed by atoms with Crippen molar-refractivity contribution in [1.29, 1.82) is 0 Å². The first-order chi connectivity index (χ1) is 8.75. The van der Waals surface area contributed by atoms with Crippen molar-refractivity contribution in [2.75, 3.05) is 32.7 Å². The fraction of sp³-hybridized carbons (Fsp3) is 0.500. The van der Waals surface area contributed by atoms with E-state index in [1.165, 1.54) is 12.1 Å². The van der Waals surface area contributed by atoms with Crippen molar-refractivity contribution < 1.29 is 9.18 Å². The van der Waals surface area contributed by atoms with Crippen LogP contribution in [0.3, 0.4) is 0 Å². The second-order valence-corrected chi connectivity index (χ2v) is 4.63. The molecule has 0 spiro atoms. The standard InChI is InChI=1S/C14H19FN2O/c15-13-4-1-3-12(11-13)14(18)5-2-8-17-9-6-16-7-10-17/h1,3-4,11,16H,2,5-10H2. The summed E-state index contributed by atoms with van der Waals surface area (Å²) < 4.78 is 13.0. The van der Waals surface area contributed by atoms with E-state index >= 15 is 0 Å². The van der Waals surface area contributed by atoms with Gasteiger partial charge in [0.2, 0.25) is 0 Å². The Labute approximate surface area is 107 Å². The third-order valence-electron chi connectivity index (χ3n) is 3.23. The number of nitrogens with one attached hydrogen (secondary N) is 1. The minimum Gasteiger partial charge on any atom is -0.314 e. The molecule has 18 heavy (non-hydrogen) atoms. The number of hydrogen-bond donors (Lipinski definition) is 1. The van der Waals surface area contributed by atoms with Crippen LogP contribution in [0.5, 0.6) is 0 Å². The van der Waals surface area contributed by atoms with Crippen molar-refractivity contribution in [3.8, 4) is 0 Å². The maximum atomic E-state index is 13.0. The molecule has 2 rings (SSSR count). The molecular weight excluding hydrogens is 231 g/mol. The summed E-state index contributed by atoms with van der Waals surface area (Å²) in [4.78, 5) is 14.2. The van der Waals surface area contributed by atoms with Gasteiger partial charge in [-0.15, -0.1) is 0 Å². The van der Waals surface area contributed by atoms with Crippen LogP contribution in [-0.4, -0.2) is 43.4 Å². The zero-order valence-corrected chi connectivity index (χ0v) is 10.5. The van der Waals surface area contributed by atoms with E-state index in [0.717, 1.165) is 39.1 Å². The van der Waals surface area contributed by atoms with Crippen LogP contribution in [0.1, 0.15) is 23.2 Å². The maximum absolute atomic E-state index is 13.0. The third kappa shape index (κ3) is 3.89. The number of piperazine rings is 1. The van der Waals surface area contributed by atoms with Crippen molar-refractivity contribution >= 4 is 5.78 Å². The molecule has 0 aromatic heterocycles. The molecule has 1 saturated heterocycles. The Morgan fingerprint density at radius 2 is 2.11 bits per heavy atom. The maximum Gasteiger partial charge on any atom is 0.163 e. The number of benzene rings is 1. The molecule has 1 aromatic rings. The average molecular weight is 250 g/mol. The normalized spacial score (nSPS) is 16.7. The van der Waals surface area contributed by atoms with Crippen LogP contribution >= 0.6 is 0 Å². The lowest BCUT2D eigenvalue weighted by Gasteiger charge is -2.26. The Morgan fingerprint density at radius 1 is 1.33 bits per heavy atom. The Kier molecular flexibility index (Phi) is 4.84. The van der Waals surface area contributed by atoms with Gasteiger partial charge in [0.25, 0.3) is 0 Å². The molecular formula is C14H19FN2O. The number of hydrogen-bond acceptors (Lipinski definition) is 3. The third-order valence-corrected chi connectivity index (χ3v) is 3.23. The molecule has 0 aliphatic carbocycles. The fourth-order valence-corrected chi connectivity index (χ4v) is 2.20. The molecule has 0 saturated carbocycles. The van der Waals surface area contributed by atoms with Crippen LogP contribution < -0.4 is 5.32 Å². The summed E-state index contributed by atoms with van der Waals surface area (Å²) in [5.41, 5.74) is 0.482. The van der Waals surface area contributed by atoms with Gasteiger partial charge >= 0.3 is 0 Å². The minimum atomic E-state index is -0.344. The van der Waals surface area contributed by atoms with Crippen LogP contribution in [0.25, 0.3) is 0 Å². The lowest BCUT2D eigenvalue weighted by molar-refractivity contribution is 0.0973. The first kappa shape index (κ1) is 13.2. The van der Waals surface area contributed by atoms with Gasteiger partial charge in [-0.1, -0.05) is 12.1 Å². The predicted molar refractivity (Wildman–Crippen MR) is 69.3 cm³/mol. The second kappa shape index (κ2) is 6.61. The second-order valence-electron chi connectivity index (χ2n) is 4.63. The van der Waals surface area contributed by atoms with E-state index in [4.69, 9.17) is 0 Å². The van der Waals surface area contributed by atoms with E-state index in [1.54, 1.807) is 12.1 Å². The minimum absolute atomic E-state index is 0.0321. The molecule has 0 atom stereocenters. The van der Waals surface area contributed by atoms with Crippen LogP contribution in [0.4, 0.5) is 4.39 Å². The van der Waals surface area contributed by atoms with E-state index in [0.29, 0.717) is 12.0 Å². The molecule has 3 nitrogen and oxygen atoms in total. The Balaban J connectivity index is 1.74. The molecule has 1 heterocycles. The van der Waals surface area contributed by atoms with Gasteiger partial charge in [0.15, 0.2) is 5.78 Å². The average Bonchev–Trinajstić information content (AvgIpc) is 2.40. The lowest BCUT2D eigenvalue weighted by Crippen LogP contribution is -2.43. The molecule has 0 bridgehead atoms. The van der Waals surface area contributed by atoms with Gasteiger partial charge in [0.05, 0.1) is 0 Å². The van der Waals surface area contributed by atoms with Gasteiger partial charge in [-0.2, -0.15) is 0 Å². The van der Waals surface area contributed by atoms with Gasteiger partial charge in [0.1, 0.15) is 5.82 Å². The summed E-state index contributed by atoms with van der Waals surface area (Å²) in [5, 5.41) is 3.30. The Morgan fingerprint density at radius 3 is 2.83 bits per heavy atom. The van der Waals surface area contributed by atoms with Crippen LogP contribution in [0.15, 0.2) is 24.3 Å². The lowest BCUT2D eigenvalue weighted by atomic mass is 10.1. The number of carbonyl (C=O) groups is 1. The molecule has 0 unspecified atom stereocenters. The van der Waals surface area contributed by atoms with Crippen LogP contribution in [0, 0.1) is 5.82 Å². The van der Waals surface area contributed by atoms with E-state index in [-0.39, 0.29) is 11.6 Å². The first-order valence-electron chi connectivity index (χ1n) is 6.47. The Bertz CT molecular complexity index is 403. The summed E-state index contributed by atoms with van der Waals surface area (Å²) >= 11 is 0. The van der Waals surface area contributed by atoms with E-state index in [1.807, 2.05) is 0 Å². The molecule has 1 N–H and O–H groups in total. The molecule has 4 heteroatoms. The van der Waals surface area contributed by atoms with Crippen LogP contribution in [-0.2, 0) is 0 Å². The van der Waals surface area contributed by atoms with Gasteiger partial charge in [-0.05, 0) is 25.1 Å². The summed E-state index contributed by atoms with van der Waals surface area (Å²) in [6.45, 7) is 5.10. The number of halogens is 1. The SMILES string of the molecule is O=C(CCCN1CCNCC1)c1cccc(F)c1. The highest BCUT2D eigenvalue weighted by Gasteiger charge is 2.11. The van der Waals surface area contributed by atoms with E-state index in [9.17, 15) is 9.18 Å². The van der Waals surface area contributed by atoms with Crippen molar-refractivity contribution in [3.63, 3.8) is 0 Å². The summed E-state index contributed by atoms with van der Waals surface area (Å²) in [6, 6.07) is 5.93. The number of Topliss-reactive ketones (excluding diaryl/α,β-unsaturated/α-hetero) is 1. The number of ketones is 1. The van der Waals surface area contributed by atoms with Gasteiger partial charge in [0, 0.05) is 38.2 Å². The first-order valence-corrected chi connectivity index (χ1v) is 6.47. The molecule has 98 valence electrons. The highest BCUT2D eigenvalue weighted by Crippen LogP contribution is 2.08. The number of rotatable bonds is 5. The molecule has 1 aromatic carbocycles. The van der Waals surface area contributed by atoms with Crippen molar-refractivity contribution in [2.24, 2.45) is 0 Å². The van der Waals surface area contributed by atoms with Crippen molar-refractivity contribution in [3.05, 3.63) is 35.6 Å². The van der Waals surface area contributed by atoms with Gasteiger partial charge in [-0.3, -0.25) is 4.79 Å². The Hall–Kier alpha value is -1.26. The predicted octanol–water partition coefficient (Wildman–Crippen LogP) is 1.69. The highest BCUT2D eigenvalue weighted by molar-refractivity contribution is 5.95. The largest absolute Gasteiger partial charge is 0.314 e. The van der Waals surface area contributed by atoms with E-state index in [2.05, 4.69) is 10.2 Å². The van der Waals surface area contributed by atoms with Gasteiger partial charge in [-0.25, -0.2) is 4.39 Å². The molecule has 0 radical (unpaired) electrons. The summed E-state index contributed by atoms with van der Waals surface area (Å²) in [7, 11) is 0.